The second kappa shape index (κ2) is 8.80. The molecular weight excluding hydrogens is 262 g/mol. The van der Waals surface area contributed by atoms with Crippen molar-refractivity contribution in [2.75, 3.05) is 26.2 Å². The third-order valence-corrected chi connectivity index (χ3v) is 3.98. The number of benzene rings is 1. The molecule has 0 aliphatic carbocycles. The molecule has 0 radical (unpaired) electrons. The SMILES string of the molecule is CCCN(CC(=O)NCc1ccccc1)C1CCCNC1. The van der Waals surface area contributed by atoms with Crippen molar-refractivity contribution in [2.45, 2.75) is 38.8 Å². The third-order valence-electron chi connectivity index (χ3n) is 3.98. The highest BCUT2D eigenvalue weighted by molar-refractivity contribution is 5.78. The smallest absolute Gasteiger partial charge is 0.234 e. The van der Waals surface area contributed by atoms with Crippen molar-refractivity contribution in [3.63, 3.8) is 0 Å². The van der Waals surface area contributed by atoms with E-state index in [4.69, 9.17) is 0 Å². The fourth-order valence-corrected chi connectivity index (χ4v) is 2.86. The van der Waals surface area contributed by atoms with Crippen molar-refractivity contribution in [2.24, 2.45) is 0 Å². The Morgan fingerprint density at radius 2 is 2.19 bits per heavy atom. The normalized spacial score (nSPS) is 18.7. The van der Waals surface area contributed by atoms with Gasteiger partial charge < -0.3 is 10.6 Å². The highest BCUT2D eigenvalue weighted by atomic mass is 16.2. The van der Waals surface area contributed by atoms with Crippen LogP contribution in [0, 0.1) is 0 Å². The molecule has 1 aliphatic heterocycles. The maximum Gasteiger partial charge on any atom is 0.234 e. The number of hydrogen-bond donors (Lipinski definition) is 2. The molecule has 1 fully saturated rings. The third kappa shape index (κ3) is 5.48. The molecule has 116 valence electrons. The lowest BCUT2D eigenvalue weighted by molar-refractivity contribution is -0.123. The van der Waals surface area contributed by atoms with Gasteiger partial charge in [-0.05, 0) is 37.9 Å². The Balaban J connectivity index is 1.80. The first-order valence-electron chi connectivity index (χ1n) is 8.05. The van der Waals surface area contributed by atoms with Crippen LogP contribution in [-0.4, -0.2) is 43.0 Å². The molecule has 21 heavy (non-hydrogen) atoms. The molecule has 1 atom stereocenters. The molecule has 1 aliphatic rings. The van der Waals surface area contributed by atoms with Crippen LogP contribution in [0.25, 0.3) is 0 Å². The highest BCUT2D eigenvalue weighted by Gasteiger charge is 2.22. The predicted octanol–water partition coefficient (Wildman–Crippen LogP) is 1.77. The van der Waals surface area contributed by atoms with Gasteiger partial charge in [-0.25, -0.2) is 0 Å². The highest BCUT2D eigenvalue weighted by Crippen LogP contribution is 2.10. The fraction of sp³-hybridized carbons (Fsp3) is 0.588. The fourth-order valence-electron chi connectivity index (χ4n) is 2.86. The lowest BCUT2D eigenvalue weighted by Gasteiger charge is -2.34. The predicted molar refractivity (Wildman–Crippen MR) is 86.0 cm³/mol. The van der Waals surface area contributed by atoms with Crippen LogP contribution in [0.15, 0.2) is 30.3 Å². The van der Waals surface area contributed by atoms with Crippen LogP contribution in [0.1, 0.15) is 31.7 Å². The van der Waals surface area contributed by atoms with Gasteiger partial charge in [0.2, 0.25) is 5.91 Å². The molecular formula is C17H27N3O. The van der Waals surface area contributed by atoms with Crippen LogP contribution < -0.4 is 10.6 Å². The second-order valence-corrected chi connectivity index (χ2v) is 5.73. The van der Waals surface area contributed by atoms with E-state index in [0.717, 1.165) is 31.6 Å². The van der Waals surface area contributed by atoms with Crippen molar-refractivity contribution in [1.82, 2.24) is 15.5 Å². The summed E-state index contributed by atoms with van der Waals surface area (Å²) in [7, 11) is 0. The zero-order chi connectivity index (χ0) is 14.9. The monoisotopic (exact) mass is 289 g/mol. The number of amides is 1. The van der Waals surface area contributed by atoms with E-state index < -0.39 is 0 Å². The van der Waals surface area contributed by atoms with Gasteiger partial charge in [-0.3, -0.25) is 9.69 Å². The van der Waals surface area contributed by atoms with E-state index in [1.807, 2.05) is 30.3 Å². The quantitative estimate of drug-likeness (QED) is 0.804. The van der Waals surface area contributed by atoms with Gasteiger partial charge >= 0.3 is 0 Å². The van der Waals surface area contributed by atoms with Gasteiger partial charge in [-0.2, -0.15) is 0 Å². The number of carbonyl (C=O) groups excluding carboxylic acids is 1. The summed E-state index contributed by atoms with van der Waals surface area (Å²) in [5.41, 5.74) is 1.15. The summed E-state index contributed by atoms with van der Waals surface area (Å²) in [6.07, 6.45) is 3.48. The van der Waals surface area contributed by atoms with Gasteiger partial charge in [0.15, 0.2) is 0 Å². The summed E-state index contributed by atoms with van der Waals surface area (Å²) in [4.78, 5) is 14.5. The number of nitrogens with zero attached hydrogens (tertiary/aromatic N) is 1. The molecule has 1 aromatic rings. The molecule has 2 rings (SSSR count). The molecule has 0 spiro atoms. The maximum atomic E-state index is 12.2. The van der Waals surface area contributed by atoms with Crippen molar-refractivity contribution < 1.29 is 4.79 Å². The molecule has 0 aromatic heterocycles. The minimum atomic E-state index is 0.123. The lowest BCUT2D eigenvalue weighted by Crippen LogP contribution is -2.49. The van der Waals surface area contributed by atoms with E-state index in [9.17, 15) is 4.79 Å². The standard InChI is InChI=1S/C17H27N3O/c1-2-11-20(16-9-6-10-18-13-16)14-17(21)19-12-15-7-4-3-5-8-15/h3-5,7-8,16,18H,2,6,9-14H2,1H3,(H,19,21). The molecule has 1 saturated heterocycles. The first-order valence-corrected chi connectivity index (χ1v) is 8.05. The van der Waals surface area contributed by atoms with E-state index in [2.05, 4.69) is 22.5 Å². The van der Waals surface area contributed by atoms with Gasteiger partial charge in [0.05, 0.1) is 6.54 Å². The van der Waals surface area contributed by atoms with E-state index >= 15 is 0 Å². The van der Waals surface area contributed by atoms with Crippen molar-refractivity contribution in [3.05, 3.63) is 35.9 Å². The Hall–Kier alpha value is -1.39. The van der Waals surface area contributed by atoms with Crippen LogP contribution in [-0.2, 0) is 11.3 Å². The first-order chi connectivity index (χ1) is 10.3. The summed E-state index contributed by atoms with van der Waals surface area (Å²) in [5, 5.41) is 6.46. The Kier molecular flexibility index (Phi) is 6.70. The zero-order valence-electron chi connectivity index (χ0n) is 13.0. The lowest BCUT2D eigenvalue weighted by atomic mass is 10.1. The van der Waals surface area contributed by atoms with Crippen LogP contribution in [0.3, 0.4) is 0 Å². The Morgan fingerprint density at radius 3 is 2.86 bits per heavy atom. The van der Waals surface area contributed by atoms with E-state index in [-0.39, 0.29) is 5.91 Å². The summed E-state index contributed by atoms with van der Waals surface area (Å²) in [5.74, 6) is 0.123. The molecule has 1 aromatic carbocycles. The Morgan fingerprint density at radius 1 is 1.38 bits per heavy atom. The molecule has 4 nitrogen and oxygen atoms in total. The molecule has 4 heteroatoms. The maximum absolute atomic E-state index is 12.2. The average molecular weight is 289 g/mol. The number of carbonyl (C=O) groups is 1. The van der Waals surface area contributed by atoms with Gasteiger partial charge in [0.25, 0.3) is 0 Å². The largest absolute Gasteiger partial charge is 0.351 e. The van der Waals surface area contributed by atoms with E-state index in [0.29, 0.717) is 19.1 Å². The Bertz CT molecular complexity index is 415. The van der Waals surface area contributed by atoms with Crippen molar-refractivity contribution >= 4 is 5.91 Å². The summed E-state index contributed by atoms with van der Waals surface area (Å²) >= 11 is 0. The molecule has 0 saturated carbocycles. The average Bonchev–Trinajstić information content (AvgIpc) is 2.54. The zero-order valence-corrected chi connectivity index (χ0v) is 13.0. The summed E-state index contributed by atoms with van der Waals surface area (Å²) in [6.45, 7) is 6.40. The summed E-state index contributed by atoms with van der Waals surface area (Å²) in [6, 6.07) is 10.6. The van der Waals surface area contributed by atoms with E-state index in [1.165, 1.54) is 12.8 Å². The molecule has 1 amide bonds. The second-order valence-electron chi connectivity index (χ2n) is 5.73. The number of rotatable bonds is 7. The van der Waals surface area contributed by atoms with Gasteiger partial charge in [-0.1, -0.05) is 37.3 Å². The van der Waals surface area contributed by atoms with Crippen LogP contribution in [0.4, 0.5) is 0 Å². The minimum absolute atomic E-state index is 0.123. The molecule has 0 bridgehead atoms. The topological polar surface area (TPSA) is 44.4 Å². The van der Waals surface area contributed by atoms with Gasteiger partial charge in [0, 0.05) is 19.1 Å². The minimum Gasteiger partial charge on any atom is -0.351 e. The first kappa shape index (κ1) is 16.0. The Labute approximate surface area is 127 Å². The molecule has 1 heterocycles. The van der Waals surface area contributed by atoms with Crippen LogP contribution >= 0.6 is 0 Å². The van der Waals surface area contributed by atoms with Crippen LogP contribution in [0.2, 0.25) is 0 Å². The summed E-state index contributed by atoms with van der Waals surface area (Å²) < 4.78 is 0. The van der Waals surface area contributed by atoms with Crippen LogP contribution in [0.5, 0.6) is 0 Å². The van der Waals surface area contributed by atoms with Crippen molar-refractivity contribution in [1.29, 1.82) is 0 Å². The molecule has 2 N–H and O–H groups in total. The number of hydrogen-bond acceptors (Lipinski definition) is 3. The number of nitrogens with one attached hydrogen (secondary N) is 2. The van der Waals surface area contributed by atoms with Gasteiger partial charge in [0.1, 0.15) is 0 Å². The van der Waals surface area contributed by atoms with E-state index in [1.54, 1.807) is 0 Å². The van der Waals surface area contributed by atoms with Crippen molar-refractivity contribution in [3.8, 4) is 0 Å². The van der Waals surface area contributed by atoms with Gasteiger partial charge in [-0.15, -0.1) is 0 Å². The number of piperidine rings is 1. The molecule has 1 unspecified atom stereocenters.